The summed E-state index contributed by atoms with van der Waals surface area (Å²) in [5, 5.41) is 6.92. The predicted octanol–water partition coefficient (Wildman–Crippen LogP) is 1.04. The summed E-state index contributed by atoms with van der Waals surface area (Å²) in [4.78, 5) is 20.0. The second-order valence-corrected chi connectivity index (χ2v) is 4.22. The highest BCUT2D eigenvalue weighted by Crippen LogP contribution is 2.30. The van der Waals surface area contributed by atoms with E-state index in [0.717, 1.165) is 25.0 Å². The van der Waals surface area contributed by atoms with E-state index in [2.05, 4.69) is 20.4 Å². The molecular weight excluding hydrogens is 218 g/mol. The van der Waals surface area contributed by atoms with Crippen molar-refractivity contribution in [1.29, 1.82) is 0 Å². The first-order valence-corrected chi connectivity index (χ1v) is 5.78. The van der Waals surface area contributed by atoms with Gasteiger partial charge in [-0.3, -0.25) is 4.79 Å². The lowest BCUT2D eigenvalue weighted by Crippen LogP contribution is -2.15. The third-order valence-electron chi connectivity index (χ3n) is 2.89. The van der Waals surface area contributed by atoms with Crippen molar-refractivity contribution < 1.29 is 4.79 Å². The fourth-order valence-electron chi connectivity index (χ4n) is 1.76. The van der Waals surface area contributed by atoms with E-state index in [9.17, 15) is 4.79 Å². The fraction of sp³-hybridized carbons (Fsp3) is 0.455. The molecule has 0 spiro atoms. The predicted molar refractivity (Wildman–Crippen MR) is 61.5 cm³/mol. The van der Waals surface area contributed by atoms with Gasteiger partial charge in [-0.25, -0.2) is 4.52 Å². The number of fused-ring (bicyclic) bond motifs is 1. The van der Waals surface area contributed by atoms with Gasteiger partial charge in [-0.05, 0) is 19.3 Å². The third-order valence-corrected chi connectivity index (χ3v) is 2.89. The number of carbonyl (C=O) groups is 1. The van der Waals surface area contributed by atoms with Gasteiger partial charge in [-0.15, -0.1) is 0 Å². The molecule has 0 bridgehead atoms. The number of hydrogen-bond acceptors (Lipinski definition) is 4. The Kier molecular flexibility index (Phi) is 2.28. The highest BCUT2D eigenvalue weighted by molar-refractivity contribution is 5.93. The molecule has 0 radical (unpaired) electrons. The average molecular weight is 231 g/mol. The summed E-state index contributed by atoms with van der Waals surface area (Å²) in [6.07, 6.45) is 4.25. The van der Waals surface area contributed by atoms with E-state index >= 15 is 0 Å². The zero-order valence-electron chi connectivity index (χ0n) is 9.55. The van der Waals surface area contributed by atoms with Crippen molar-refractivity contribution in [2.45, 2.75) is 26.2 Å². The molecule has 0 unspecified atom stereocenters. The van der Waals surface area contributed by atoms with Crippen LogP contribution in [0, 0.1) is 5.92 Å². The maximum atomic E-state index is 11.7. The molecule has 1 aliphatic carbocycles. The first-order chi connectivity index (χ1) is 8.28. The molecule has 1 amide bonds. The van der Waals surface area contributed by atoms with Crippen molar-refractivity contribution in [3.05, 3.63) is 18.1 Å². The van der Waals surface area contributed by atoms with Crippen LogP contribution in [0.5, 0.6) is 0 Å². The molecule has 1 aliphatic rings. The lowest BCUT2D eigenvalue weighted by atomic mass is 10.3. The lowest BCUT2D eigenvalue weighted by Gasteiger charge is -2.06. The second kappa shape index (κ2) is 3.80. The molecular formula is C11H13N5O. The van der Waals surface area contributed by atoms with Gasteiger partial charge in [0.25, 0.3) is 5.78 Å². The van der Waals surface area contributed by atoms with E-state index in [1.165, 1.54) is 6.33 Å². The van der Waals surface area contributed by atoms with Crippen molar-refractivity contribution in [3.63, 3.8) is 0 Å². The molecule has 0 saturated heterocycles. The molecule has 2 aromatic heterocycles. The molecule has 3 rings (SSSR count). The maximum absolute atomic E-state index is 11.7. The first-order valence-electron chi connectivity index (χ1n) is 5.78. The molecule has 6 nitrogen and oxygen atoms in total. The molecule has 6 heteroatoms. The Labute approximate surface area is 98.1 Å². The summed E-state index contributed by atoms with van der Waals surface area (Å²) in [6.45, 7) is 2.03. The van der Waals surface area contributed by atoms with Crippen LogP contribution in [0.25, 0.3) is 5.78 Å². The number of hydrogen-bond donors (Lipinski definition) is 1. The highest BCUT2D eigenvalue weighted by atomic mass is 16.2. The van der Waals surface area contributed by atoms with Gasteiger partial charge in [-0.1, -0.05) is 6.92 Å². The van der Waals surface area contributed by atoms with Gasteiger partial charge in [0.05, 0.1) is 0 Å². The van der Waals surface area contributed by atoms with E-state index in [-0.39, 0.29) is 11.8 Å². The first kappa shape index (κ1) is 10.2. The van der Waals surface area contributed by atoms with Gasteiger partial charge in [0.2, 0.25) is 5.91 Å². The quantitative estimate of drug-likeness (QED) is 0.856. The van der Waals surface area contributed by atoms with Crippen LogP contribution in [0.2, 0.25) is 0 Å². The van der Waals surface area contributed by atoms with Crippen LogP contribution in [0.1, 0.15) is 25.5 Å². The molecule has 2 heterocycles. The Morgan fingerprint density at radius 3 is 3.12 bits per heavy atom. The number of aryl methyl sites for hydroxylation is 1. The molecule has 1 fully saturated rings. The van der Waals surface area contributed by atoms with Gasteiger partial charge in [0.1, 0.15) is 12.1 Å². The number of aromatic nitrogens is 4. The van der Waals surface area contributed by atoms with Crippen molar-refractivity contribution in [2.75, 3.05) is 5.32 Å². The van der Waals surface area contributed by atoms with Gasteiger partial charge in [-0.2, -0.15) is 15.1 Å². The maximum Gasteiger partial charge on any atom is 0.254 e. The van der Waals surface area contributed by atoms with Gasteiger partial charge >= 0.3 is 0 Å². The summed E-state index contributed by atoms with van der Waals surface area (Å²) in [6, 6.07) is 1.85. The van der Waals surface area contributed by atoms with Crippen LogP contribution in [-0.2, 0) is 11.2 Å². The normalized spacial score (nSPS) is 15.1. The minimum atomic E-state index is 0.0587. The molecule has 17 heavy (non-hydrogen) atoms. The van der Waals surface area contributed by atoms with Crippen LogP contribution >= 0.6 is 0 Å². The van der Waals surface area contributed by atoms with Gasteiger partial charge in [0, 0.05) is 17.7 Å². The van der Waals surface area contributed by atoms with Crippen molar-refractivity contribution in [2.24, 2.45) is 5.92 Å². The Hall–Kier alpha value is -1.98. The number of anilines is 1. The Morgan fingerprint density at radius 2 is 2.41 bits per heavy atom. The number of nitrogens with one attached hydrogen (secondary N) is 1. The topological polar surface area (TPSA) is 72.2 Å². The Morgan fingerprint density at radius 1 is 1.59 bits per heavy atom. The standard InChI is InChI=1S/C11H13N5O/c1-2-8-5-9(14-10(17)7-3-4-7)15-11-12-6-13-16(8)11/h5-7H,2-4H2,1H3,(H,12,13,14,15,17). The molecule has 0 aliphatic heterocycles. The van der Waals surface area contributed by atoms with E-state index in [1.54, 1.807) is 4.52 Å². The monoisotopic (exact) mass is 231 g/mol. The average Bonchev–Trinajstić information content (AvgIpc) is 3.07. The van der Waals surface area contributed by atoms with Gasteiger partial charge in [0.15, 0.2) is 0 Å². The minimum absolute atomic E-state index is 0.0587. The third kappa shape index (κ3) is 1.86. The number of carbonyl (C=O) groups excluding carboxylic acids is 1. The summed E-state index contributed by atoms with van der Waals surface area (Å²) < 4.78 is 1.69. The molecule has 1 N–H and O–H groups in total. The Balaban J connectivity index is 1.95. The minimum Gasteiger partial charge on any atom is -0.310 e. The zero-order chi connectivity index (χ0) is 11.8. The summed E-state index contributed by atoms with van der Waals surface area (Å²) in [5.41, 5.74) is 0.985. The largest absolute Gasteiger partial charge is 0.310 e. The van der Waals surface area contributed by atoms with Crippen LogP contribution in [0.15, 0.2) is 12.4 Å². The van der Waals surface area contributed by atoms with Crippen LogP contribution < -0.4 is 5.32 Å². The van der Waals surface area contributed by atoms with Gasteiger partial charge < -0.3 is 5.32 Å². The SMILES string of the molecule is CCc1cc(NC(=O)C2CC2)nc2ncnn12. The van der Waals surface area contributed by atoms with Crippen LogP contribution in [-0.4, -0.2) is 25.5 Å². The number of nitrogens with zero attached hydrogens (tertiary/aromatic N) is 4. The van der Waals surface area contributed by atoms with E-state index in [0.29, 0.717) is 11.6 Å². The zero-order valence-corrected chi connectivity index (χ0v) is 9.55. The second-order valence-electron chi connectivity index (χ2n) is 4.22. The van der Waals surface area contributed by atoms with Crippen molar-refractivity contribution >= 4 is 17.5 Å². The molecule has 0 aromatic carbocycles. The Bertz CT molecular complexity index is 572. The molecule has 1 saturated carbocycles. The smallest absolute Gasteiger partial charge is 0.254 e. The van der Waals surface area contributed by atoms with E-state index < -0.39 is 0 Å². The van der Waals surface area contributed by atoms with E-state index in [1.807, 2.05) is 13.0 Å². The molecule has 0 atom stereocenters. The molecule has 88 valence electrons. The number of rotatable bonds is 3. The molecule has 2 aromatic rings. The van der Waals surface area contributed by atoms with Crippen LogP contribution in [0.3, 0.4) is 0 Å². The van der Waals surface area contributed by atoms with Crippen molar-refractivity contribution in [3.8, 4) is 0 Å². The summed E-state index contributed by atoms with van der Waals surface area (Å²) in [5.74, 6) is 1.33. The van der Waals surface area contributed by atoms with Crippen molar-refractivity contribution in [1.82, 2.24) is 19.6 Å². The summed E-state index contributed by atoms with van der Waals surface area (Å²) in [7, 11) is 0. The fourth-order valence-corrected chi connectivity index (χ4v) is 1.76. The number of amides is 1. The summed E-state index contributed by atoms with van der Waals surface area (Å²) >= 11 is 0. The van der Waals surface area contributed by atoms with E-state index in [4.69, 9.17) is 0 Å². The lowest BCUT2D eigenvalue weighted by molar-refractivity contribution is -0.117. The van der Waals surface area contributed by atoms with Crippen LogP contribution in [0.4, 0.5) is 5.82 Å². The highest BCUT2D eigenvalue weighted by Gasteiger charge is 2.29.